The molecule has 0 aliphatic rings. The molecule has 1 atom stereocenters. The Kier molecular flexibility index (Phi) is 5.89. The number of hydrogen-bond acceptors (Lipinski definition) is 4. The normalized spacial score (nSPS) is 11.6. The fourth-order valence-electron chi connectivity index (χ4n) is 2.30. The number of benzene rings is 2. The largest absolute Gasteiger partial charge is 0.497 e. The molecule has 2 aromatic rings. The summed E-state index contributed by atoms with van der Waals surface area (Å²) in [6.07, 6.45) is 0.303. The van der Waals surface area contributed by atoms with Gasteiger partial charge in [0, 0.05) is 18.7 Å². The van der Waals surface area contributed by atoms with E-state index >= 15 is 0 Å². The maximum Gasteiger partial charge on any atom is 0.269 e. The molecule has 0 heterocycles. The number of nitrogens with zero attached hydrogens (tertiary/aromatic N) is 1. The van der Waals surface area contributed by atoms with Gasteiger partial charge in [-0.15, -0.1) is 0 Å². The van der Waals surface area contributed by atoms with Crippen LogP contribution in [-0.2, 0) is 11.2 Å². The average molecular weight is 328 g/mol. The SMILES string of the molecule is COc1ccc(CC(=O)NCC(C)c2ccc([N+](=O)[O-])cc2)cc1. The fourth-order valence-corrected chi connectivity index (χ4v) is 2.30. The first kappa shape index (κ1) is 17.5. The molecule has 0 saturated heterocycles. The summed E-state index contributed by atoms with van der Waals surface area (Å²) in [6, 6.07) is 13.8. The molecule has 0 aliphatic heterocycles. The second kappa shape index (κ2) is 8.10. The van der Waals surface area contributed by atoms with Gasteiger partial charge in [-0.2, -0.15) is 0 Å². The second-order valence-electron chi connectivity index (χ2n) is 5.58. The van der Waals surface area contributed by atoms with Crippen molar-refractivity contribution in [2.24, 2.45) is 0 Å². The van der Waals surface area contributed by atoms with Gasteiger partial charge in [-0.05, 0) is 29.2 Å². The van der Waals surface area contributed by atoms with Crippen molar-refractivity contribution in [3.63, 3.8) is 0 Å². The van der Waals surface area contributed by atoms with E-state index in [1.165, 1.54) is 12.1 Å². The number of nitro groups is 1. The highest BCUT2D eigenvalue weighted by molar-refractivity contribution is 5.78. The topological polar surface area (TPSA) is 81.5 Å². The number of ether oxygens (including phenoxy) is 1. The standard InChI is InChI=1S/C18H20N2O4/c1-13(15-5-7-16(8-6-15)20(22)23)12-19-18(21)11-14-3-9-17(24-2)10-4-14/h3-10,13H,11-12H2,1-2H3,(H,19,21). The zero-order valence-corrected chi connectivity index (χ0v) is 13.7. The highest BCUT2D eigenvalue weighted by Gasteiger charge is 2.11. The minimum atomic E-state index is -0.426. The van der Waals surface area contributed by atoms with Gasteiger partial charge in [0.05, 0.1) is 18.5 Å². The van der Waals surface area contributed by atoms with Crippen LogP contribution in [0, 0.1) is 10.1 Å². The van der Waals surface area contributed by atoms with Crippen molar-refractivity contribution < 1.29 is 14.5 Å². The molecule has 2 rings (SSSR count). The average Bonchev–Trinajstić information content (AvgIpc) is 2.60. The fraction of sp³-hybridized carbons (Fsp3) is 0.278. The molecular weight excluding hydrogens is 308 g/mol. The highest BCUT2D eigenvalue weighted by Crippen LogP contribution is 2.18. The molecule has 1 amide bonds. The molecule has 0 aliphatic carbocycles. The number of amides is 1. The molecule has 1 unspecified atom stereocenters. The molecule has 24 heavy (non-hydrogen) atoms. The van der Waals surface area contributed by atoms with Gasteiger partial charge in [0.2, 0.25) is 5.91 Å². The van der Waals surface area contributed by atoms with Gasteiger partial charge in [-0.3, -0.25) is 14.9 Å². The van der Waals surface area contributed by atoms with Crippen molar-refractivity contribution in [2.75, 3.05) is 13.7 Å². The summed E-state index contributed by atoms with van der Waals surface area (Å²) in [4.78, 5) is 22.2. The molecule has 0 aromatic heterocycles. The molecule has 0 spiro atoms. The Balaban J connectivity index is 1.84. The first-order valence-corrected chi connectivity index (χ1v) is 7.63. The van der Waals surface area contributed by atoms with Crippen LogP contribution in [0.1, 0.15) is 24.0 Å². The molecule has 2 aromatic carbocycles. The Hall–Kier alpha value is -2.89. The van der Waals surface area contributed by atoms with Crippen molar-refractivity contribution >= 4 is 11.6 Å². The monoisotopic (exact) mass is 328 g/mol. The van der Waals surface area contributed by atoms with Crippen molar-refractivity contribution in [3.05, 3.63) is 69.8 Å². The Bertz CT molecular complexity index is 696. The lowest BCUT2D eigenvalue weighted by Crippen LogP contribution is -2.28. The lowest BCUT2D eigenvalue weighted by Gasteiger charge is -2.13. The predicted molar refractivity (Wildman–Crippen MR) is 91.2 cm³/mol. The third kappa shape index (κ3) is 4.81. The first-order chi connectivity index (χ1) is 11.5. The number of nitro benzene ring substituents is 1. The lowest BCUT2D eigenvalue weighted by atomic mass is 10.0. The van der Waals surface area contributed by atoms with E-state index in [-0.39, 0.29) is 17.5 Å². The van der Waals surface area contributed by atoms with Crippen molar-refractivity contribution in [2.45, 2.75) is 19.3 Å². The van der Waals surface area contributed by atoms with E-state index in [2.05, 4.69) is 5.32 Å². The van der Waals surface area contributed by atoms with Gasteiger partial charge in [0.15, 0.2) is 0 Å². The number of carbonyl (C=O) groups excluding carboxylic acids is 1. The van der Waals surface area contributed by atoms with Gasteiger partial charge < -0.3 is 10.1 Å². The molecule has 126 valence electrons. The minimum absolute atomic E-state index is 0.0612. The molecular formula is C18H20N2O4. The maximum atomic E-state index is 12.0. The van der Waals surface area contributed by atoms with Crippen LogP contribution >= 0.6 is 0 Å². The van der Waals surface area contributed by atoms with Gasteiger partial charge in [0.1, 0.15) is 5.75 Å². The number of rotatable bonds is 7. The van der Waals surface area contributed by atoms with Crippen molar-refractivity contribution in [1.82, 2.24) is 5.32 Å². The molecule has 0 radical (unpaired) electrons. The van der Waals surface area contributed by atoms with E-state index < -0.39 is 4.92 Å². The zero-order valence-electron chi connectivity index (χ0n) is 13.7. The van der Waals surface area contributed by atoms with E-state index in [9.17, 15) is 14.9 Å². The molecule has 0 fully saturated rings. The smallest absolute Gasteiger partial charge is 0.269 e. The number of non-ortho nitro benzene ring substituents is 1. The quantitative estimate of drug-likeness (QED) is 0.625. The Morgan fingerprint density at radius 3 is 2.33 bits per heavy atom. The van der Waals surface area contributed by atoms with Crippen LogP contribution in [0.5, 0.6) is 5.75 Å². The first-order valence-electron chi connectivity index (χ1n) is 7.63. The van der Waals surface area contributed by atoms with Gasteiger partial charge in [-0.25, -0.2) is 0 Å². The summed E-state index contributed by atoms with van der Waals surface area (Å²) in [7, 11) is 1.60. The van der Waals surface area contributed by atoms with Gasteiger partial charge >= 0.3 is 0 Å². The molecule has 6 heteroatoms. The lowest BCUT2D eigenvalue weighted by molar-refractivity contribution is -0.384. The van der Waals surface area contributed by atoms with E-state index in [0.717, 1.165) is 16.9 Å². The molecule has 0 bridgehead atoms. The maximum absolute atomic E-state index is 12.0. The summed E-state index contributed by atoms with van der Waals surface area (Å²) in [5, 5.41) is 13.5. The summed E-state index contributed by atoms with van der Waals surface area (Å²) < 4.78 is 5.08. The number of carbonyl (C=O) groups is 1. The Labute approximate surface area is 140 Å². The second-order valence-corrected chi connectivity index (χ2v) is 5.58. The molecule has 6 nitrogen and oxygen atoms in total. The van der Waals surface area contributed by atoms with Crippen LogP contribution in [0.4, 0.5) is 5.69 Å². The number of nitrogens with one attached hydrogen (secondary N) is 1. The van der Waals surface area contributed by atoms with E-state index in [1.807, 2.05) is 31.2 Å². The van der Waals surface area contributed by atoms with Crippen LogP contribution in [-0.4, -0.2) is 24.5 Å². The third-order valence-electron chi connectivity index (χ3n) is 3.80. The van der Waals surface area contributed by atoms with E-state index in [1.54, 1.807) is 19.2 Å². The predicted octanol–water partition coefficient (Wildman–Crippen LogP) is 3.07. The summed E-state index contributed by atoms with van der Waals surface area (Å²) in [5.74, 6) is 0.769. The Morgan fingerprint density at radius 2 is 1.79 bits per heavy atom. The zero-order chi connectivity index (χ0) is 17.5. The number of methoxy groups -OCH3 is 1. The van der Waals surface area contributed by atoms with Crippen LogP contribution in [0.25, 0.3) is 0 Å². The van der Waals surface area contributed by atoms with E-state index in [0.29, 0.717) is 13.0 Å². The summed E-state index contributed by atoms with van der Waals surface area (Å²) in [6.45, 7) is 2.45. The van der Waals surface area contributed by atoms with Gasteiger partial charge in [0.25, 0.3) is 5.69 Å². The molecule has 1 N–H and O–H groups in total. The van der Waals surface area contributed by atoms with Crippen LogP contribution in [0.15, 0.2) is 48.5 Å². The highest BCUT2D eigenvalue weighted by atomic mass is 16.6. The van der Waals surface area contributed by atoms with E-state index in [4.69, 9.17) is 4.74 Å². The summed E-state index contributed by atoms with van der Waals surface area (Å²) >= 11 is 0. The number of hydrogen-bond donors (Lipinski definition) is 1. The van der Waals surface area contributed by atoms with Crippen molar-refractivity contribution in [1.29, 1.82) is 0 Å². The summed E-state index contributed by atoms with van der Waals surface area (Å²) in [5.41, 5.74) is 1.93. The Morgan fingerprint density at radius 1 is 1.17 bits per heavy atom. The van der Waals surface area contributed by atoms with Crippen LogP contribution in [0.2, 0.25) is 0 Å². The van der Waals surface area contributed by atoms with Gasteiger partial charge in [-0.1, -0.05) is 31.2 Å². The molecule has 0 saturated carbocycles. The van der Waals surface area contributed by atoms with Crippen LogP contribution in [0.3, 0.4) is 0 Å². The minimum Gasteiger partial charge on any atom is -0.497 e. The van der Waals surface area contributed by atoms with Crippen molar-refractivity contribution in [3.8, 4) is 5.75 Å². The third-order valence-corrected chi connectivity index (χ3v) is 3.80. The van der Waals surface area contributed by atoms with Crippen LogP contribution < -0.4 is 10.1 Å².